The van der Waals surface area contributed by atoms with Crippen LogP contribution in [0.15, 0.2) is 64.1 Å². The molecule has 148 valence electrons. The zero-order valence-electron chi connectivity index (χ0n) is 15.6. The van der Waals surface area contributed by atoms with Gasteiger partial charge < -0.3 is 0 Å². The normalized spacial score (nSPS) is 11.9. The molecule has 0 unspecified atom stereocenters. The van der Waals surface area contributed by atoms with Crippen molar-refractivity contribution in [2.24, 2.45) is 0 Å². The fraction of sp³-hybridized carbons (Fsp3) is 0.250. The van der Waals surface area contributed by atoms with Gasteiger partial charge in [0.05, 0.1) is 10.6 Å². The van der Waals surface area contributed by atoms with Crippen molar-refractivity contribution in [1.29, 1.82) is 0 Å². The molecule has 0 spiro atoms. The van der Waals surface area contributed by atoms with E-state index in [1.165, 1.54) is 16.4 Å². The number of hydrogen-bond acceptors (Lipinski definition) is 3. The molecule has 5 nitrogen and oxygen atoms in total. The summed E-state index contributed by atoms with van der Waals surface area (Å²) in [5.41, 5.74) is 2.34. The Balaban J connectivity index is 1.98. The Morgan fingerprint density at radius 2 is 1.71 bits per heavy atom. The van der Waals surface area contributed by atoms with E-state index in [4.69, 9.17) is 0 Å². The van der Waals surface area contributed by atoms with E-state index in [9.17, 15) is 12.8 Å². The lowest BCUT2D eigenvalue weighted by Gasteiger charge is -2.22. The van der Waals surface area contributed by atoms with Crippen molar-refractivity contribution >= 4 is 26.0 Å². The molecule has 1 aromatic heterocycles. The van der Waals surface area contributed by atoms with Crippen LogP contribution < -0.4 is 0 Å². The lowest BCUT2D eigenvalue weighted by atomic mass is 10.2. The molecule has 0 fully saturated rings. The number of halogens is 2. The molecule has 0 aliphatic rings. The molecule has 0 atom stereocenters. The molecule has 3 aromatic rings. The monoisotopic (exact) mass is 465 g/mol. The summed E-state index contributed by atoms with van der Waals surface area (Å²) in [7, 11) is -3.76. The number of aromatic nitrogens is 2. The molecule has 0 radical (unpaired) electrons. The highest BCUT2D eigenvalue weighted by molar-refractivity contribution is 9.10. The van der Waals surface area contributed by atoms with Gasteiger partial charge in [-0.1, -0.05) is 28.1 Å². The van der Waals surface area contributed by atoms with Crippen molar-refractivity contribution in [3.8, 4) is 0 Å². The molecule has 28 heavy (non-hydrogen) atoms. The van der Waals surface area contributed by atoms with Gasteiger partial charge in [0, 0.05) is 35.9 Å². The minimum absolute atomic E-state index is 0.134. The molecule has 2 aromatic carbocycles. The average Bonchev–Trinajstić information content (AvgIpc) is 3.03. The van der Waals surface area contributed by atoms with Gasteiger partial charge in [0.2, 0.25) is 10.0 Å². The highest BCUT2D eigenvalue weighted by atomic mass is 79.9. The van der Waals surface area contributed by atoms with E-state index in [0.29, 0.717) is 12.1 Å². The Hall–Kier alpha value is -2.03. The summed E-state index contributed by atoms with van der Waals surface area (Å²) in [6.45, 7) is 4.87. The van der Waals surface area contributed by atoms with E-state index >= 15 is 0 Å². The molecule has 0 aliphatic carbocycles. The summed E-state index contributed by atoms with van der Waals surface area (Å²) < 4.78 is 43.9. The van der Waals surface area contributed by atoms with Crippen molar-refractivity contribution in [2.45, 2.75) is 38.4 Å². The van der Waals surface area contributed by atoms with Gasteiger partial charge >= 0.3 is 0 Å². The van der Waals surface area contributed by atoms with Gasteiger partial charge in [-0.2, -0.15) is 9.40 Å². The Bertz CT molecular complexity index is 1050. The van der Waals surface area contributed by atoms with E-state index in [1.54, 1.807) is 41.1 Å². The van der Waals surface area contributed by atoms with Crippen LogP contribution in [0, 0.1) is 12.7 Å². The molecule has 0 bridgehead atoms. The van der Waals surface area contributed by atoms with Crippen LogP contribution in [-0.2, 0) is 29.7 Å². The SMILES string of the molecule is CCn1cc(CN(Cc2ccc(F)cc2)S(=O)(=O)c2ccc(Br)cc2)c(C)n1. The number of sulfonamides is 1. The second kappa shape index (κ2) is 8.55. The highest BCUT2D eigenvalue weighted by Crippen LogP contribution is 2.24. The zero-order valence-corrected chi connectivity index (χ0v) is 18.0. The summed E-state index contributed by atoms with van der Waals surface area (Å²) in [5, 5.41) is 4.41. The first-order valence-electron chi connectivity index (χ1n) is 8.82. The Kier molecular flexibility index (Phi) is 6.32. The Morgan fingerprint density at radius 1 is 1.07 bits per heavy atom. The molecule has 0 saturated heterocycles. The lowest BCUT2D eigenvalue weighted by molar-refractivity contribution is 0.400. The smallest absolute Gasteiger partial charge is 0.243 e. The number of nitrogens with zero attached hydrogens (tertiary/aromatic N) is 3. The summed E-state index contributed by atoms with van der Waals surface area (Å²) >= 11 is 3.33. The summed E-state index contributed by atoms with van der Waals surface area (Å²) in [6.07, 6.45) is 1.87. The predicted molar refractivity (Wildman–Crippen MR) is 110 cm³/mol. The molecule has 0 aliphatic heterocycles. The van der Waals surface area contributed by atoms with Crippen LogP contribution in [0.1, 0.15) is 23.7 Å². The Labute approximate surface area is 173 Å². The number of benzene rings is 2. The van der Waals surface area contributed by atoms with E-state index in [1.807, 2.05) is 20.0 Å². The average molecular weight is 466 g/mol. The third-order valence-electron chi connectivity index (χ3n) is 4.44. The summed E-state index contributed by atoms with van der Waals surface area (Å²) in [5.74, 6) is -0.355. The first-order chi connectivity index (χ1) is 13.3. The second-order valence-corrected chi connectivity index (χ2v) is 9.30. The van der Waals surface area contributed by atoms with E-state index in [0.717, 1.165) is 15.7 Å². The first kappa shape index (κ1) is 20.7. The van der Waals surface area contributed by atoms with Crippen LogP contribution in [0.4, 0.5) is 4.39 Å². The topological polar surface area (TPSA) is 55.2 Å². The molecule has 3 rings (SSSR count). The van der Waals surface area contributed by atoms with Crippen molar-refractivity contribution in [1.82, 2.24) is 14.1 Å². The molecule has 1 heterocycles. The first-order valence-corrected chi connectivity index (χ1v) is 11.1. The van der Waals surface area contributed by atoms with E-state index in [-0.39, 0.29) is 23.8 Å². The van der Waals surface area contributed by atoms with Gasteiger partial charge in [0.15, 0.2) is 0 Å². The molecular formula is C20H21BrFN3O2S. The number of aryl methyl sites for hydroxylation is 2. The second-order valence-electron chi connectivity index (χ2n) is 6.45. The Morgan fingerprint density at radius 3 is 2.29 bits per heavy atom. The van der Waals surface area contributed by atoms with Crippen molar-refractivity contribution < 1.29 is 12.8 Å². The van der Waals surface area contributed by atoms with Crippen molar-refractivity contribution in [2.75, 3.05) is 0 Å². The van der Waals surface area contributed by atoms with Crippen LogP contribution in [0.5, 0.6) is 0 Å². The van der Waals surface area contributed by atoms with Crippen LogP contribution in [-0.4, -0.2) is 22.5 Å². The van der Waals surface area contributed by atoms with Crippen LogP contribution >= 0.6 is 15.9 Å². The fourth-order valence-electron chi connectivity index (χ4n) is 2.84. The molecule has 0 N–H and O–H groups in total. The third-order valence-corrected chi connectivity index (χ3v) is 6.78. The number of hydrogen-bond donors (Lipinski definition) is 0. The zero-order chi connectivity index (χ0) is 20.3. The lowest BCUT2D eigenvalue weighted by Crippen LogP contribution is -2.30. The molecular weight excluding hydrogens is 445 g/mol. The van der Waals surface area contributed by atoms with E-state index < -0.39 is 10.0 Å². The summed E-state index contributed by atoms with van der Waals surface area (Å²) in [4.78, 5) is 0.207. The largest absolute Gasteiger partial charge is 0.272 e. The van der Waals surface area contributed by atoms with Gasteiger partial charge in [-0.15, -0.1) is 0 Å². The molecule has 0 saturated carbocycles. The van der Waals surface area contributed by atoms with Crippen molar-refractivity contribution in [3.63, 3.8) is 0 Å². The van der Waals surface area contributed by atoms with Gasteiger partial charge in [-0.25, -0.2) is 12.8 Å². The maximum absolute atomic E-state index is 13.3. The van der Waals surface area contributed by atoms with Gasteiger partial charge in [0.25, 0.3) is 0 Å². The third kappa shape index (κ3) is 4.68. The quantitative estimate of drug-likeness (QED) is 0.515. The summed E-state index contributed by atoms with van der Waals surface area (Å²) in [6, 6.07) is 12.4. The maximum atomic E-state index is 13.3. The van der Waals surface area contributed by atoms with Crippen LogP contribution in [0.3, 0.4) is 0 Å². The van der Waals surface area contributed by atoms with Gasteiger partial charge in [-0.3, -0.25) is 4.68 Å². The standard InChI is InChI=1S/C20H21BrFN3O2S/c1-3-24-13-17(15(2)23-24)14-25(12-16-4-8-19(22)9-5-16)28(26,27)20-10-6-18(21)7-11-20/h4-11,13H,3,12,14H2,1-2H3. The molecule has 0 amide bonds. The number of rotatable bonds is 7. The molecule has 8 heteroatoms. The fourth-order valence-corrected chi connectivity index (χ4v) is 4.51. The minimum atomic E-state index is -3.76. The van der Waals surface area contributed by atoms with Gasteiger partial charge in [-0.05, 0) is 55.8 Å². The van der Waals surface area contributed by atoms with Gasteiger partial charge in [0.1, 0.15) is 5.82 Å². The predicted octanol–water partition coefficient (Wildman–Crippen LogP) is 4.50. The van der Waals surface area contributed by atoms with Crippen molar-refractivity contribution in [3.05, 3.63) is 81.8 Å². The maximum Gasteiger partial charge on any atom is 0.243 e. The van der Waals surface area contributed by atoms with E-state index in [2.05, 4.69) is 21.0 Å². The van der Waals surface area contributed by atoms with Crippen LogP contribution in [0.2, 0.25) is 0 Å². The minimum Gasteiger partial charge on any atom is -0.272 e. The van der Waals surface area contributed by atoms with Crippen LogP contribution in [0.25, 0.3) is 0 Å². The highest BCUT2D eigenvalue weighted by Gasteiger charge is 2.26.